The molecule has 1 atom stereocenters. The number of carbonyl (C=O) groups is 1. The molecular weight excluding hydrogens is 272 g/mol. The van der Waals surface area contributed by atoms with Crippen LogP contribution in [0.4, 0.5) is 0 Å². The van der Waals surface area contributed by atoms with E-state index in [1.165, 1.54) is 7.11 Å². The van der Waals surface area contributed by atoms with Crippen molar-refractivity contribution in [3.8, 4) is 0 Å². The molecule has 0 aliphatic carbocycles. The molecular formula is C13H18N6O2. The van der Waals surface area contributed by atoms with E-state index in [1.54, 1.807) is 9.36 Å². The fourth-order valence-corrected chi connectivity index (χ4v) is 2.64. The van der Waals surface area contributed by atoms with E-state index >= 15 is 0 Å². The number of ether oxygens (including phenoxy) is 1. The Balaban J connectivity index is 1.95. The van der Waals surface area contributed by atoms with Gasteiger partial charge in [0.25, 0.3) is 0 Å². The minimum absolute atomic E-state index is 0.0813. The number of hydrogen-bond acceptors (Lipinski definition) is 6. The van der Waals surface area contributed by atoms with Gasteiger partial charge in [-0.2, -0.15) is 5.10 Å². The van der Waals surface area contributed by atoms with Crippen molar-refractivity contribution < 1.29 is 9.53 Å². The van der Waals surface area contributed by atoms with Gasteiger partial charge in [-0.1, -0.05) is 5.21 Å². The molecule has 8 nitrogen and oxygen atoms in total. The quantitative estimate of drug-likeness (QED) is 0.813. The highest BCUT2D eigenvalue weighted by Crippen LogP contribution is 2.25. The van der Waals surface area contributed by atoms with Crippen LogP contribution in [0.5, 0.6) is 0 Å². The van der Waals surface area contributed by atoms with Crippen LogP contribution < -0.4 is 5.32 Å². The molecule has 0 radical (unpaired) electrons. The van der Waals surface area contributed by atoms with E-state index in [0.29, 0.717) is 6.54 Å². The normalized spacial score (nSPS) is 18.1. The van der Waals surface area contributed by atoms with Gasteiger partial charge in [-0.05, 0) is 25.5 Å². The van der Waals surface area contributed by atoms with E-state index in [4.69, 9.17) is 4.74 Å². The zero-order chi connectivity index (χ0) is 14.8. The van der Waals surface area contributed by atoms with Crippen LogP contribution in [0.2, 0.25) is 0 Å². The minimum atomic E-state index is -0.453. The third kappa shape index (κ3) is 2.66. The number of esters is 1. The SMILES string of the molecule is COC(=O)c1nnn(Cc2ccn(C)n2)c1C1CCCN1. The van der Waals surface area contributed by atoms with Gasteiger partial charge in [0, 0.05) is 13.2 Å². The number of hydrogen-bond donors (Lipinski definition) is 1. The molecule has 0 spiro atoms. The Morgan fingerprint density at radius 3 is 3.05 bits per heavy atom. The van der Waals surface area contributed by atoms with E-state index in [2.05, 4.69) is 20.7 Å². The minimum Gasteiger partial charge on any atom is -0.464 e. The van der Waals surface area contributed by atoms with Gasteiger partial charge in [0.05, 0.1) is 31.1 Å². The first kappa shape index (κ1) is 13.7. The van der Waals surface area contributed by atoms with Crippen LogP contribution in [0.1, 0.15) is 40.8 Å². The second-order valence-corrected chi connectivity index (χ2v) is 5.10. The Kier molecular flexibility index (Phi) is 3.70. The third-order valence-electron chi connectivity index (χ3n) is 3.62. The number of methoxy groups -OCH3 is 1. The summed E-state index contributed by atoms with van der Waals surface area (Å²) >= 11 is 0. The summed E-state index contributed by atoms with van der Waals surface area (Å²) in [5.41, 5.74) is 1.94. The molecule has 1 saturated heterocycles. The largest absolute Gasteiger partial charge is 0.464 e. The Bertz CT molecular complexity index is 641. The molecule has 2 aromatic rings. The number of rotatable bonds is 4. The van der Waals surface area contributed by atoms with E-state index in [0.717, 1.165) is 30.8 Å². The first-order valence-corrected chi connectivity index (χ1v) is 6.92. The molecule has 112 valence electrons. The summed E-state index contributed by atoms with van der Waals surface area (Å²) in [6.07, 6.45) is 3.90. The lowest BCUT2D eigenvalue weighted by Gasteiger charge is -2.13. The number of nitrogens with zero attached hydrogens (tertiary/aromatic N) is 5. The van der Waals surface area contributed by atoms with Crippen molar-refractivity contribution in [1.82, 2.24) is 30.1 Å². The van der Waals surface area contributed by atoms with Gasteiger partial charge in [-0.3, -0.25) is 4.68 Å². The predicted molar refractivity (Wildman–Crippen MR) is 73.6 cm³/mol. The maximum atomic E-state index is 11.9. The molecule has 3 rings (SSSR count). The molecule has 21 heavy (non-hydrogen) atoms. The molecule has 0 saturated carbocycles. The standard InChI is InChI=1S/C13H18N6O2/c1-18-7-5-9(16-18)8-19-12(10-4-3-6-14-10)11(15-17-19)13(20)21-2/h5,7,10,14H,3-4,6,8H2,1-2H3. The van der Waals surface area contributed by atoms with E-state index in [-0.39, 0.29) is 11.7 Å². The van der Waals surface area contributed by atoms with Crippen LogP contribution in [-0.2, 0) is 18.3 Å². The Morgan fingerprint density at radius 2 is 2.43 bits per heavy atom. The van der Waals surface area contributed by atoms with Gasteiger partial charge in [0.2, 0.25) is 0 Å². The fraction of sp³-hybridized carbons (Fsp3) is 0.538. The molecule has 3 heterocycles. The van der Waals surface area contributed by atoms with Crippen LogP contribution in [0.15, 0.2) is 12.3 Å². The molecule has 2 aromatic heterocycles. The lowest BCUT2D eigenvalue weighted by atomic mass is 10.1. The molecule has 0 bridgehead atoms. The molecule has 1 unspecified atom stereocenters. The Morgan fingerprint density at radius 1 is 1.57 bits per heavy atom. The van der Waals surface area contributed by atoms with Crippen molar-refractivity contribution >= 4 is 5.97 Å². The Labute approximate surface area is 122 Å². The molecule has 0 amide bonds. The van der Waals surface area contributed by atoms with Crippen LogP contribution in [0, 0.1) is 0 Å². The van der Waals surface area contributed by atoms with Gasteiger partial charge in [-0.25, -0.2) is 9.48 Å². The average Bonchev–Trinajstić information content (AvgIpc) is 3.19. The maximum Gasteiger partial charge on any atom is 0.360 e. The third-order valence-corrected chi connectivity index (χ3v) is 3.62. The zero-order valence-electron chi connectivity index (χ0n) is 12.1. The summed E-state index contributed by atoms with van der Waals surface area (Å²) in [5, 5.41) is 15.8. The van der Waals surface area contributed by atoms with Crippen molar-refractivity contribution in [3.05, 3.63) is 29.3 Å². The van der Waals surface area contributed by atoms with Crippen LogP contribution >= 0.6 is 0 Å². The average molecular weight is 290 g/mol. The molecule has 1 N–H and O–H groups in total. The second kappa shape index (κ2) is 5.65. The Hall–Kier alpha value is -2.22. The van der Waals surface area contributed by atoms with Crippen molar-refractivity contribution in [2.75, 3.05) is 13.7 Å². The topological polar surface area (TPSA) is 86.9 Å². The molecule has 1 aliphatic heterocycles. The monoisotopic (exact) mass is 290 g/mol. The lowest BCUT2D eigenvalue weighted by Crippen LogP contribution is -2.21. The van der Waals surface area contributed by atoms with E-state index < -0.39 is 5.97 Å². The van der Waals surface area contributed by atoms with Crippen molar-refractivity contribution in [2.45, 2.75) is 25.4 Å². The van der Waals surface area contributed by atoms with Gasteiger partial charge in [-0.15, -0.1) is 5.10 Å². The summed E-state index contributed by atoms with van der Waals surface area (Å²) in [7, 11) is 3.22. The lowest BCUT2D eigenvalue weighted by molar-refractivity contribution is 0.0591. The van der Waals surface area contributed by atoms with Crippen molar-refractivity contribution in [3.63, 3.8) is 0 Å². The van der Waals surface area contributed by atoms with Gasteiger partial charge in [0.1, 0.15) is 0 Å². The summed E-state index contributed by atoms with van der Waals surface area (Å²) in [6, 6.07) is 2.00. The molecule has 8 heteroatoms. The highest BCUT2D eigenvalue weighted by atomic mass is 16.5. The first-order valence-electron chi connectivity index (χ1n) is 6.92. The predicted octanol–water partition coefficient (Wildman–Crippen LogP) is 0.271. The maximum absolute atomic E-state index is 11.9. The number of carbonyl (C=O) groups excluding carboxylic acids is 1. The van der Waals surface area contributed by atoms with Crippen molar-refractivity contribution in [2.24, 2.45) is 7.05 Å². The summed E-state index contributed by atoms with van der Waals surface area (Å²) < 4.78 is 8.27. The zero-order valence-corrected chi connectivity index (χ0v) is 12.1. The van der Waals surface area contributed by atoms with Crippen LogP contribution in [0.25, 0.3) is 0 Å². The number of aryl methyl sites for hydroxylation is 1. The summed E-state index contributed by atoms with van der Waals surface area (Å²) in [4.78, 5) is 11.9. The first-order chi connectivity index (χ1) is 10.2. The summed E-state index contributed by atoms with van der Waals surface area (Å²) in [5.74, 6) is -0.453. The molecule has 1 aliphatic rings. The highest BCUT2D eigenvalue weighted by molar-refractivity contribution is 5.88. The highest BCUT2D eigenvalue weighted by Gasteiger charge is 2.29. The van der Waals surface area contributed by atoms with Gasteiger partial charge >= 0.3 is 5.97 Å². The second-order valence-electron chi connectivity index (χ2n) is 5.10. The fourth-order valence-electron chi connectivity index (χ4n) is 2.64. The van der Waals surface area contributed by atoms with Crippen LogP contribution in [-0.4, -0.2) is 44.4 Å². The van der Waals surface area contributed by atoms with E-state index in [9.17, 15) is 4.79 Å². The summed E-state index contributed by atoms with van der Waals surface area (Å²) in [6.45, 7) is 1.42. The molecule has 0 aromatic carbocycles. The number of aromatic nitrogens is 5. The molecule has 1 fully saturated rings. The number of nitrogens with one attached hydrogen (secondary N) is 1. The smallest absolute Gasteiger partial charge is 0.360 e. The van der Waals surface area contributed by atoms with Crippen LogP contribution in [0.3, 0.4) is 0 Å². The van der Waals surface area contributed by atoms with Crippen molar-refractivity contribution in [1.29, 1.82) is 0 Å². The van der Waals surface area contributed by atoms with E-state index in [1.807, 2.05) is 19.3 Å². The van der Waals surface area contributed by atoms with Gasteiger partial charge < -0.3 is 10.1 Å². The van der Waals surface area contributed by atoms with Gasteiger partial charge in [0.15, 0.2) is 5.69 Å².